The molecule has 2 fully saturated rings. The van der Waals surface area contributed by atoms with Crippen LogP contribution in [0.3, 0.4) is 0 Å². The van der Waals surface area contributed by atoms with Gasteiger partial charge in [0.1, 0.15) is 0 Å². The van der Waals surface area contributed by atoms with Crippen LogP contribution >= 0.6 is 48.0 Å². The van der Waals surface area contributed by atoms with Crippen LogP contribution in [-0.4, -0.2) is 63.4 Å². The fourth-order valence-electron chi connectivity index (χ4n) is 2.43. The van der Waals surface area contributed by atoms with Gasteiger partial charge in [0.05, 0.1) is 11.1 Å². The van der Waals surface area contributed by atoms with E-state index in [1.807, 2.05) is 0 Å². The molecule has 10 nitrogen and oxygen atoms in total. The molecule has 28 heavy (non-hydrogen) atoms. The summed E-state index contributed by atoms with van der Waals surface area (Å²) in [5.41, 5.74) is 4.74. The summed E-state index contributed by atoms with van der Waals surface area (Å²) in [6.07, 6.45) is 0. The highest BCUT2D eigenvalue weighted by atomic mass is 32.2. The Kier molecular flexibility index (Phi) is 5.74. The van der Waals surface area contributed by atoms with Gasteiger partial charge in [-0.05, 0) is 12.1 Å². The van der Waals surface area contributed by atoms with Crippen molar-refractivity contribution in [3.8, 4) is 0 Å². The van der Waals surface area contributed by atoms with Gasteiger partial charge in [0.15, 0.2) is 8.64 Å². The topological polar surface area (TPSA) is 139 Å². The molecule has 0 saturated carbocycles. The van der Waals surface area contributed by atoms with E-state index in [9.17, 15) is 29.4 Å². The predicted molar refractivity (Wildman–Crippen MR) is 108 cm³/mol. The Hall–Kier alpha value is -2.42. The lowest BCUT2D eigenvalue weighted by Gasteiger charge is -2.23. The first-order valence-corrected chi connectivity index (χ1v) is 9.94. The van der Waals surface area contributed by atoms with Crippen LogP contribution in [0, 0.1) is 0 Å². The molecule has 4 N–H and O–H groups in total. The molecular weight excluding hydrogens is 448 g/mol. The number of amides is 2. The number of thioether (sulfide) groups is 2. The molecule has 14 heteroatoms. The molecule has 0 aliphatic carbocycles. The molecule has 1 aromatic carbocycles. The molecule has 3 rings (SSSR count). The van der Waals surface area contributed by atoms with Gasteiger partial charge in [-0.2, -0.15) is 0 Å². The number of carbonyl (C=O) groups excluding carboxylic acids is 2. The summed E-state index contributed by atoms with van der Waals surface area (Å²) < 4.78 is 0.192. The third-order valence-electron chi connectivity index (χ3n) is 3.58. The number of hydrazine groups is 2. The molecule has 2 saturated heterocycles. The van der Waals surface area contributed by atoms with Crippen molar-refractivity contribution >= 4 is 80.4 Å². The summed E-state index contributed by atoms with van der Waals surface area (Å²) in [5, 5.41) is 17.6. The van der Waals surface area contributed by atoms with Gasteiger partial charge in [-0.25, -0.2) is 19.6 Å². The van der Waals surface area contributed by atoms with Crippen LogP contribution in [0.1, 0.15) is 20.7 Å². The fraction of sp³-hybridized carbons (Fsp3) is 0.143. The number of benzene rings is 1. The Bertz CT molecular complexity index is 852. The lowest BCUT2D eigenvalue weighted by atomic mass is 10.1. The van der Waals surface area contributed by atoms with E-state index in [1.165, 1.54) is 24.3 Å². The minimum atomic E-state index is -1.30. The first kappa shape index (κ1) is 20.3. The summed E-state index contributed by atoms with van der Waals surface area (Å²) >= 11 is 11.4. The minimum absolute atomic E-state index is 0.0958. The van der Waals surface area contributed by atoms with Gasteiger partial charge in [-0.15, -0.1) is 0 Å². The highest BCUT2D eigenvalue weighted by Crippen LogP contribution is 2.28. The molecule has 1 aromatic rings. The van der Waals surface area contributed by atoms with Crippen molar-refractivity contribution in [3.63, 3.8) is 0 Å². The van der Waals surface area contributed by atoms with Gasteiger partial charge in [-0.3, -0.25) is 20.4 Å². The van der Waals surface area contributed by atoms with E-state index in [-0.39, 0.29) is 19.8 Å². The summed E-state index contributed by atoms with van der Waals surface area (Å²) in [6.45, 7) is 0. The van der Waals surface area contributed by atoms with E-state index in [0.29, 0.717) is 0 Å². The molecule has 2 aliphatic heterocycles. The van der Waals surface area contributed by atoms with Crippen molar-refractivity contribution in [2.75, 3.05) is 0 Å². The van der Waals surface area contributed by atoms with Crippen LogP contribution in [0.15, 0.2) is 24.3 Å². The summed E-state index contributed by atoms with van der Waals surface area (Å²) in [7, 11) is 0. The predicted octanol–water partition coefficient (Wildman–Crippen LogP) is 0.465. The van der Waals surface area contributed by atoms with Crippen LogP contribution in [0.5, 0.6) is 0 Å². The number of rotatable bonds is 4. The Balaban J connectivity index is 1.95. The fourth-order valence-corrected chi connectivity index (χ4v) is 4.59. The van der Waals surface area contributed by atoms with Gasteiger partial charge in [0.2, 0.25) is 10.7 Å². The zero-order chi connectivity index (χ0) is 20.6. The number of thiocarbonyl (C=S) groups is 2. The molecule has 2 amide bonds. The van der Waals surface area contributed by atoms with Crippen molar-refractivity contribution in [3.05, 3.63) is 35.4 Å². The van der Waals surface area contributed by atoms with E-state index >= 15 is 0 Å². The van der Waals surface area contributed by atoms with Crippen molar-refractivity contribution in [1.29, 1.82) is 0 Å². The number of nitrogens with zero attached hydrogens (tertiary/aromatic N) is 2. The largest absolute Gasteiger partial charge is 0.479 e. The van der Waals surface area contributed by atoms with Crippen LogP contribution < -0.4 is 10.9 Å². The van der Waals surface area contributed by atoms with E-state index in [0.717, 1.165) is 33.5 Å². The van der Waals surface area contributed by atoms with Crippen LogP contribution in [-0.2, 0) is 9.59 Å². The molecule has 0 bridgehead atoms. The number of carbonyl (C=O) groups is 4. The number of aliphatic carboxylic acids is 2. The minimum Gasteiger partial charge on any atom is -0.479 e. The number of nitrogens with one attached hydrogen (secondary N) is 2. The van der Waals surface area contributed by atoms with Gasteiger partial charge >= 0.3 is 11.9 Å². The van der Waals surface area contributed by atoms with Crippen LogP contribution in [0.2, 0.25) is 0 Å². The molecule has 0 spiro atoms. The van der Waals surface area contributed by atoms with Crippen LogP contribution in [0.25, 0.3) is 0 Å². The summed E-state index contributed by atoms with van der Waals surface area (Å²) in [5.74, 6) is -4.18. The van der Waals surface area contributed by atoms with Gasteiger partial charge in [-0.1, -0.05) is 60.1 Å². The highest BCUT2D eigenvalue weighted by Gasteiger charge is 2.42. The molecule has 2 unspecified atom stereocenters. The van der Waals surface area contributed by atoms with E-state index in [1.54, 1.807) is 0 Å². The van der Waals surface area contributed by atoms with Crippen molar-refractivity contribution < 1.29 is 29.4 Å². The lowest BCUT2D eigenvalue weighted by Crippen LogP contribution is -2.48. The Morgan fingerprint density at radius 3 is 1.50 bits per heavy atom. The van der Waals surface area contributed by atoms with E-state index in [2.05, 4.69) is 10.9 Å². The zero-order valence-corrected chi connectivity index (χ0v) is 16.8. The standard InChI is InChI=1S/C14H10N4O6S4/c19-7(17-9(11(21)22)27-13(25)15-17)5-3-1-2-4-6(5)8(20)18-10(12(23)24)28-14(26)16-18/h1-4,9-10H,(H,15,25)(H,16,26)(H,21,22)(H,23,24). The van der Waals surface area contributed by atoms with Crippen molar-refractivity contribution in [1.82, 2.24) is 20.9 Å². The molecule has 0 aromatic heterocycles. The van der Waals surface area contributed by atoms with Crippen molar-refractivity contribution in [2.24, 2.45) is 0 Å². The molecule has 2 atom stereocenters. The zero-order valence-electron chi connectivity index (χ0n) is 13.5. The number of hydrogen-bond acceptors (Lipinski definition) is 8. The second kappa shape index (κ2) is 7.90. The smallest absolute Gasteiger partial charge is 0.339 e. The third kappa shape index (κ3) is 3.76. The molecule has 146 valence electrons. The maximum Gasteiger partial charge on any atom is 0.339 e. The first-order chi connectivity index (χ1) is 13.2. The SMILES string of the molecule is O=C(O)C1SC(=S)NN1C(=O)c1ccccc1C(=O)N1NC(=S)SC1C(=O)O. The molecular formula is C14H10N4O6S4. The summed E-state index contributed by atoms with van der Waals surface area (Å²) in [4.78, 5) is 48.6. The molecule has 2 heterocycles. The maximum absolute atomic E-state index is 12.9. The second-order valence-electron chi connectivity index (χ2n) is 5.31. The van der Waals surface area contributed by atoms with Gasteiger partial charge in [0, 0.05) is 0 Å². The van der Waals surface area contributed by atoms with E-state index < -0.39 is 34.5 Å². The second-order valence-corrected chi connectivity index (χ2v) is 8.83. The van der Waals surface area contributed by atoms with Gasteiger partial charge < -0.3 is 10.2 Å². The average molecular weight is 459 g/mol. The van der Waals surface area contributed by atoms with E-state index in [4.69, 9.17) is 24.4 Å². The van der Waals surface area contributed by atoms with Crippen molar-refractivity contribution in [2.45, 2.75) is 10.7 Å². The Morgan fingerprint density at radius 2 is 1.18 bits per heavy atom. The summed E-state index contributed by atoms with van der Waals surface area (Å²) in [6, 6.07) is 5.65. The van der Waals surface area contributed by atoms with Crippen LogP contribution in [0.4, 0.5) is 0 Å². The monoisotopic (exact) mass is 458 g/mol. The quantitative estimate of drug-likeness (QED) is 0.466. The number of carboxylic acid groups (broad SMARTS) is 2. The van der Waals surface area contributed by atoms with Gasteiger partial charge in [0.25, 0.3) is 11.8 Å². The molecule has 2 aliphatic rings. The lowest BCUT2D eigenvalue weighted by molar-refractivity contribution is -0.140. The Labute approximate surface area is 176 Å². The Morgan fingerprint density at radius 1 is 0.821 bits per heavy atom. The molecule has 0 radical (unpaired) electrons. The number of carboxylic acids is 2. The highest BCUT2D eigenvalue weighted by molar-refractivity contribution is 8.24. The first-order valence-electron chi connectivity index (χ1n) is 7.37. The number of hydrogen-bond donors (Lipinski definition) is 4. The maximum atomic E-state index is 12.9. The normalized spacial score (nSPS) is 21.3. The third-order valence-corrected chi connectivity index (χ3v) is 6.22. The average Bonchev–Trinajstić information content (AvgIpc) is 3.23.